The van der Waals surface area contributed by atoms with Gasteiger partial charge >= 0.3 is 0 Å². The first-order valence-corrected chi connectivity index (χ1v) is 7.21. The number of nitrogens with two attached hydrogens (primary N) is 1. The second-order valence-electron chi connectivity index (χ2n) is 5.38. The van der Waals surface area contributed by atoms with Crippen LogP contribution in [0.15, 0.2) is 34.8 Å². The van der Waals surface area contributed by atoms with Crippen LogP contribution in [-0.2, 0) is 12.8 Å². The van der Waals surface area contributed by atoms with Crippen LogP contribution in [-0.4, -0.2) is 18.6 Å². The average Bonchev–Trinajstić information content (AvgIpc) is 2.36. The fourth-order valence-electron chi connectivity index (χ4n) is 2.56. The molecule has 0 amide bonds. The molecule has 0 saturated heterocycles. The van der Waals surface area contributed by atoms with Gasteiger partial charge in [0, 0.05) is 23.1 Å². The zero-order valence-electron chi connectivity index (χ0n) is 10.9. The molecule has 0 bridgehead atoms. The van der Waals surface area contributed by atoms with Gasteiger partial charge in [0.05, 0.1) is 0 Å². The van der Waals surface area contributed by atoms with Crippen LogP contribution in [0.3, 0.4) is 0 Å². The fraction of sp³-hybridized carbons (Fsp3) is 0.467. The summed E-state index contributed by atoms with van der Waals surface area (Å²) in [5, 5.41) is 3.60. The summed E-state index contributed by atoms with van der Waals surface area (Å²) in [6.07, 6.45) is 3.20. The van der Waals surface area contributed by atoms with E-state index in [1.807, 2.05) is 6.92 Å². The van der Waals surface area contributed by atoms with E-state index in [-0.39, 0.29) is 5.54 Å². The second-order valence-corrected chi connectivity index (χ2v) is 6.30. The molecule has 1 aliphatic rings. The Morgan fingerprint density at radius 3 is 2.94 bits per heavy atom. The Bertz CT molecular complexity index is 456. The van der Waals surface area contributed by atoms with E-state index >= 15 is 0 Å². The van der Waals surface area contributed by atoms with Crippen molar-refractivity contribution in [2.75, 3.05) is 13.1 Å². The van der Waals surface area contributed by atoms with Crippen LogP contribution in [0, 0.1) is 0 Å². The third kappa shape index (κ3) is 3.02. The summed E-state index contributed by atoms with van der Waals surface area (Å²) in [6, 6.07) is 6.56. The Hall–Kier alpha value is -0.640. The molecule has 1 unspecified atom stereocenters. The summed E-state index contributed by atoms with van der Waals surface area (Å²) >= 11 is 3.53. The minimum Gasteiger partial charge on any atom is -0.329 e. The van der Waals surface area contributed by atoms with Crippen LogP contribution >= 0.6 is 15.9 Å². The smallest absolute Gasteiger partial charge is 0.0350 e. The summed E-state index contributed by atoms with van der Waals surface area (Å²) in [4.78, 5) is 0. The van der Waals surface area contributed by atoms with Crippen molar-refractivity contribution < 1.29 is 0 Å². The van der Waals surface area contributed by atoms with Gasteiger partial charge in [0.2, 0.25) is 0 Å². The Morgan fingerprint density at radius 1 is 1.50 bits per heavy atom. The number of aryl methyl sites for hydroxylation is 1. The molecule has 0 spiro atoms. The van der Waals surface area contributed by atoms with E-state index in [2.05, 4.69) is 46.0 Å². The molecular weight excluding hydrogens is 288 g/mol. The van der Waals surface area contributed by atoms with Gasteiger partial charge in [-0.15, -0.1) is 0 Å². The van der Waals surface area contributed by atoms with Crippen molar-refractivity contribution >= 4 is 15.9 Å². The molecule has 0 radical (unpaired) electrons. The molecule has 18 heavy (non-hydrogen) atoms. The van der Waals surface area contributed by atoms with Gasteiger partial charge in [-0.05, 0) is 49.4 Å². The van der Waals surface area contributed by atoms with Gasteiger partial charge in [-0.1, -0.05) is 34.1 Å². The lowest BCUT2D eigenvalue weighted by atomic mass is 9.78. The molecule has 1 aliphatic carbocycles. The monoisotopic (exact) mass is 308 g/mol. The van der Waals surface area contributed by atoms with Crippen molar-refractivity contribution in [2.45, 2.75) is 31.7 Å². The van der Waals surface area contributed by atoms with Gasteiger partial charge < -0.3 is 11.1 Å². The number of benzene rings is 1. The van der Waals surface area contributed by atoms with Gasteiger partial charge in [-0.2, -0.15) is 0 Å². The van der Waals surface area contributed by atoms with E-state index in [4.69, 9.17) is 5.73 Å². The average molecular weight is 309 g/mol. The number of hydrogen-bond donors (Lipinski definition) is 2. The minimum atomic E-state index is 0.0414. The third-order valence-corrected chi connectivity index (χ3v) is 4.22. The van der Waals surface area contributed by atoms with Crippen LogP contribution in [0.4, 0.5) is 0 Å². The molecular formula is C15H21BrN2. The lowest BCUT2D eigenvalue weighted by Gasteiger charge is -2.38. The maximum absolute atomic E-state index is 6.01. The van der Waals surface area contributed by atoms with Crippen LogP contribution in [0.5, 0.6) is 0 Å². The second kappa shape index (κ2) is 5.55. The first-order valence-electron chi connectivity index (χ1n) is 6.41. The van der Waals surface area contributed by atoms with E-state index in [0.29, 0.717) is 6.54 Å². The van der Waals surface area contributed by atoms with Gasteiger partial charge in [0.1, 0.15) is 0 Å². The van der Waals surface area contributed by atoms with Crippen LogP contribution in [0.2, 0.25) is 0 Å². The fourth-order valence-corrected chi connectivity index (χ4v) is 2.97. The summed E-state index contributed by atoms with van der Waals surface area (Å²) in [7, 11) is 0. The molecule has 1 aromatic rings. The lowest BCUT2D eigenvalue weighted by molar-refractivity contribution is 0.303. The highest BCUT2D eigenvalue weighted by Crippen LogP contribution is 2.30. The molecule has 1 atom stereocenters. The molecule has 0 heterocycles. The predicted octanol–water partition coefficient (Wildman–Crippen LogP) is 2.80. The number of halogens is 1. The summed E-state index contributed by atoms with van der Waals surface area (Å²) < 4.78 is 1.16. The van der Waals surface area contributed by atoms with E-state index < -0.39 is 0 Å². The zero-order chi connectivity index (χ0) is 13.2. The first kappa shape index (κ1) is 13.8. The molecule has 2 rings (SSSR count). The summed E-state index contributed by atoms with van der Waals surface area (Å²) in [6.45, 7) is 7.52. The Balaban J connectivity index is 2.17. The van der Waals surface area contributed by atoms with Crippen LogP contribution < -0.4 is 11.1 Å². The number of rotatable bonds is 4. The molecule has 98 valence electrons. The molecule has 3 N–H and O–H groups in total. The Morgan fingerprint density at radius 2 is 2.28 bits per heavy atom. The molecule has 0 aliphatic heterocycles. The summed E-state index contributed by atoms with van der Waals surface area (Å²) in [5.74, 6) is 0. The SMILES string of the molecule is C=C(C)CNC1(CN)CCc2cc(Br)ccc2C1. The van der Waals surface area contributed by atoms with Gasteiger partial charge in [-0.3, -0.25) is 0 Å². The number of nitrogens with one attached hydrogen (secondary N) is 1. The Labute approximate surface area is 118 Å². The topological polar surface area (TPSA) is 38.0 Å². The number of hydrogen-bond acceptors (Lipinski definition) is 2. The highest BCUT2D eigenvalue weighted by atomic mass is 79.9. The highest BCUT2D eigenvalue weighted by Gasteiger charge is 2.32. The molecule has 1 aromatic carbocycles. The van der Waals surface area contributed by atoms with E-state index in [1.54, 1.807) is 0 Å². The quantitative estimate of drug-likeness (QED) is 0.839. The molecule has 0 fully saturated rings. The third-order valence-electron chi connectivity index (χ3n) is 3.73. The van der Waals surface area contributed by atoms with E-state index in [9.17, 15) is 0 Å². The molecule has 0 aromatic heterocycles. The maximum atomic E-state index is 6.01. The largest absolute Gasteiger partial charge is 0.329 e. The van der Waals surface area contributed by atoms with Crippen molar-refractivity contribution in [3.8, 4) is 0 Å². The van der Waals surface area contributed by atoms with Gasteiger partial charge in [0.25, 0.3) is 0 Å². The highest BCUT2D eigenvalue weighted by molar-refractivity contribution is 9.10. The van der Waals surface area contributed by atoms with Crippen molar-refractivity contribution in [1.29, 1.82) is 0 Å². The van der Waals surface area contributed by atoms with Gasteiger partial charge in [0.15, 0.2) is 0 Å². The van der Waals surface area contributed by atoms with Crippen molar-refractivity contribution in [3.63, 3.8) is 0 Å². The van der Waals surface area contributed by atoms with E-state index in [0.717, 1.165) is 35.9 Å². The Kier molecular flexibility index (Phi) is 4.25. The molecule has 2 nitrogen and oxygen atoms in total. The van der Waals surface area contributed by atoms with Gasteiger partial charge in [-0.25, -0.2) is 0 Å². The minimum absolute atomic E-state index is 0.0414. The normalized spacial score (nSPS) is 22.6. The maximum Gasteiger partial charge on any atom is 0.0350 e. The summed E-state index contributed by atoms with van der Waals surface area (Å²) in [5.41, 5.74) is 10.1. The first-order chi connectivity index (χ1) is 8.54. The molecule has 3 heteroatoms. The van der Waals surface area contributed by atoms with Crippen molar-refractivity contribution in [3.05, 3.63) is 46.0 Å². The predicted molar refractivity (Wildman–Crippen MR) is 80.8 cm³/mol. The van der Waals surface area contributed by atoms with Crippen molar-refractivity contribution in [2.24, 2.45) is 5.73 Å². The van der Waals surface area contributed by atoms with Crippen LogP contribution in [0.25, 0.3) is 0 Å². The van der Waals surface area contributed by atoms with E-state index in [1.165, 1.54) is 11.1 Å². The van der Waals surface area contributed by atoms with Crippen molar-refractivity contribution in [1.82, 2.24) is 5.32 Å². The lowest BCUT2D eigenvalue weighted by Crippen LogP contribution is -2.55. The zero-order valence-corrected chi connectivity index (χ0v) is 12.5. The molecule has 0 saturated carbocycles. The standard InChI is InChI=1S/C15H21BrN2/c1-11(2)9-18-15(10-17)6-5-12-7-14(16)4-3-13(12)8-15/h3-4,7,18H,1,5-6,8-10,17H2,2H3. The van der Waals surface area contributed by atoms with Crippen LogP contribution in [0.1, 0.15) is 24.5 Å². The number of fused-ring (bicyclic) bond motifs is 1.